The molecule has 0 N–H and O–H groups in total. The van der Waals surface area contributed by atoms with Gasteiger partial charge in [0.2, 0.25) is 0 Å². The molecule has 2 rings (SSSR count). The second-order valence-corrected chi connectivity index (χ2v) is 4.98. The van der Waals surface area contributed by atoms with Crippen molar-refractivity contribution in [3.05, 3.63) is 51.5 Å². The van der Waals surface area contributed by atoms with Gasteiger partial charge in [-0.15, -0.1) is 11.3 Å². The maximum Gasteiger partial charge on any atom is 0.416 e. The molecule has 1 aromatic carbocycles. The van der Waals surface area contributed by atoms with Gasteiger partial charge in [0, 0.05) is 18.9 Å². The second-order valence-electron chi connectivity index (χ2n) is 4.04. The van der Waals surface area contributed by atoms with Crippen LogP contribution in [0, 0.1) is 0 Å². The lowest BCUT2D eigenvalue weighted by molar-refractivity contribution is -0.137. The topological polar surface area (TPSA) is 22.1 Å². The van der Waals surface area contributed by atoms with Crippen LogP contribution in [0.4, 0.5) is 13.2 Å². The molecular weight excluding hydrogens is 275 g/mol. The highest BCUT2D eigenvalue weighted by Crippen LogP contribution is 2.30. The molecule has 0 unspecified atom stereocenters. The molecule has 0 radical (unpaired) electrons. The third kappa shape index (κ3) is 3.78. The van der Waals surface area contributed by atoms with Crippen LogP contribution in [0.5, 0.6) is 0 Å². The fourth-order valence-corrected chi connectivity index (χ4v) is 2.49. The van der Waals surface area contributed by atoms with Gasteiger partial charge in [-0.3, -0.25) is 0 Å². The minimum absolute atomic E-state index is 0.401. The van der Waals surface area contributed by atoms with Gasteiger partial charge in [-0.05, 0) is 11.6 Å². The van der Waals surface area contributed by atoms with E-state index in [0.717, 1.165) is 22.8 Å². The third-order valence-electron chi connectivity index (χ3n) is 2.50. The molecule has 0 atom stereocenters. The molecule has 2 aromatic rings. The summed E-state index contributed by atoms with van der Waals surface area (Å²) in [5, 5.41) is 2.64. The average Bonchev–Trinajstić information content (AvgIpc) is 2.76. The Morgan fingerprint density at radius 1 is 1.32 bits per heavy atom. The van der Waals surface area contributed by atoms with Crippen molar-refractivity contribution in [1.82, 2.24) is 4.98 Å². The molecule has 0 bridgehead atoms. The molecule has 102 valence electrons. The maximum absolute atomic E-state index is 12.6. The molecule has 1 aromatic heterocycles. The van der Waals surface area contributed by atoms with Crippen molar-refractivity contribution in [3.63, 3.8) is 0 Å². The van der Waals surface area contributed by atoms with Crippen molar-refractivity contribution in [1.29, 1.82) is 0 Å². The Balaban J connectivity index is 2.14. The predicted molar refractivity (Wildman–Crippen MR) is 67.1 cm³/mol. The lowest BCUT2D eigenvalue weighted by atomic mass is 10.1. The highest BCUT2D eigenvalue weighted by molar-refractivity contribution is 7.09. The lowest BCUT2D eigenvalue weighted by Gasteiger charge is -2.07. The minimum Gasteiger partial charge on any atom is -0.378 e. The summed E-state index contributed by atoms with van der Waals surface area (Å²) in [6, 6.07) is 5.33. The van der Waals surface area contributed by atoms with Gasteiger partial charge in [0.1, 0.15) is 0 Å². The van der Waals surface area contributed by atoms with Crippen molar-refractivity contribution in [2.24, 2.45) is 0 Å². The number of nitrogens with zero attached hydrogens (tertiary/aromatic N) is 1. The average molecular weight is 287 g/mol. The molecule has 0 amide bonds. The van der Waals surface area contributed by atoms with Crippen LogP contribution in [0.25, 0.3) is 0 Å². The normalized spacial score (nSPS) is 11.8. The number of ether oxygens (including phenoxy) is 1. The fourth-order valence-electron chi connectivity index (χ4n) is 1.68. The Hall–Kier alpha value is -1.40. The fraction of sp³-hybridized carbons (Fsp3) is 0.308. The van der Waals surface area contributed by atoms with Crippen molar-refractivity contribution < 1.29 is 17.9 Å². The van der Waals surface area contributed by atoms with Crippen molar-refractivity contribution in [3.8, 4) is 0 Å². The van der Waals surface area contributed by atoms with E-state index in [-0.39, 0.29) is 0 Å². The molecule has 2 nitrogen and oxygen atoms in total. The van der Waals surface area contributed by atoms with Crippen LogP contribution >= 0.6 is 11.3 Å². The molecule has 0 saturated heterocycles. The maximum atomic E-state index is 12.6. The summed E-state index contributed by atoms with van der Waals surface area (Å²) in [5.41, 5.74) is 0.779. The number of benzene rings is 1. The molecule has 6 heteroatoms. The number of aromatic nitrogens is 1. The number of thiazole rings is 1. The Kier molecular flexibility index (Phi) is 4.21. The van der Waals surface area contributed by atoms with E-state index < -0.39 is 11.7 Å². The van der Waals surface area contributed by atoms with Gasteiger partial charge >= 0.3 is 6.18 Å². The van der Waals surface area contributed by atoms with Crippen molar-refractivity contribution in [2.45, 2.75) is 19.2 Å². The number of hydrogen-bond acceptors (Lipinski definition) is 3. The summed E-state index contributed by atoms with van der Waals surface area (Å²) in [7, 11) is 1.58. The SMILES string of the molecule is COCc1csc(Cc2cccc(C(F)(F)F)c2)n1. The summed E-state index contributed by atoms with van der Waals surface area (Å²) in [6.07, 6.45) is -3.90. The number of hydrogen-bond donors (Lipinski definition) is 0. The second kappa shape index (κ2) is 5.71. The van der Waals surface area contributed by atoms with Crippen LogP contribution in [-0.2, 0) is 23.9 Å². The zero-order chi connectivity index (χ0) is 13.9. The summed E-state index contributed by atoms with van der Waals surface area (Å²) >= 11 is 1.43. The third-order valence-corrected chi connectivity index (χ3v) is 3.40. The van der Waals surface area contributed by atoms with E-state index in [1.807, 2.05) is 5.38 Å². The number of methoxy groups -OCH3 is 1. The number of halogens is 3. The number of rotatable bonds is 4. The minimum atomic E-state index is -4.31. The first-order chi connectivity index (χ1) is 8.99. The summed E-state index contributed by atoms with van der Waals surface area (Å²) in [6.45, 7) is 0.416. The first kappa shape index (κ1) is 14.0. The van der Waals surface area contributed by atoms with E-state index in [4.69, 9.17) is 4.74 Å². The van der Waals surface area contributed by atoms with Crippen molar-refractivity contribution >= 4 is 11.3 Å². The zero-order valence-electron chi connectivity index (χ0n) is 10.2. The van der Waals surface area contributed by atoms with Gasteiger partial charge in [0.15, 0.2) is 0 Å². The van der Waals surface area contributed by atoms with E-state index in [1.165, 1.54) is 17.4 Å². The largest absolute Gasteiger partial charge is 0.416 e. The molecular formula is C13H12F3NOS. The molecule has 0 saturated carbocycles. The van der Waals surface area contributed by atoms with Crippen LogP contribution in [0.3, 0.4) is 0 Å². The van der Waals surface area contributed by atoms with E-state index in [1.54, 1.807) is 13.2 Å². The van der Waals surface area contributed by atoms with Gasteiger partial charge in [-0.1, -0.05) is 18.2 Å². The molecule has 0 aliphatic rings. The van der Waals surface area contributed by atoms with Gasteiger partial charge < -0.3 is 4.74 Å². The molecule has 0 fully saturated rings. The first-order valence-electron chi connectivity index (χ1n) is 5.57. The van der Waals surface area contributed by atoms with Crippen LogP contribution in [0.15, 0.2) is 29.6 Å². The van der Waals surface area contributed by atoms with E-state index in [9.17, 15) is 13.2 Å². The predicted octanol–water partition coefficient (Wildman–Crippen LogP) is 3.90. The molecule has 19 heavy (non-hydrogen) atoms. The Morgan fingerprint density at radius 3 is 2.79 bits per heavy atom. The highest BCUT2D eigenvalue weighted by Gasteiger charge is 2.30. The van der Waals surface area contributed by atoms with Crippen molar-refractivity contribution in [2.75, 3.05) is 7.11 Å². The van der Waals surface area contributed by atoms with E-state index in [0.29, 0.717) is 18.6 Å². The van der Waals surface area contributed by atoms with E-state index in [2.05, 4.69) is 4.98 Å². The van der Waals surface area contributed by atoms with Crippen LogP contribution in [0.1, 0.15) is 21.8 Å². The van der Waals surface area contributed by atoms with Gasteiger partial charge in [-0.2, -0.15) is 13.2 Å². The smallest absolute Gasteiger partial charge is 0.378 e. The quantitative estimate of drug-likeness (QED) is 0.851. The summed E-state index contributed by atoms with van der Waals surface area (Å²) in [5.74, 6) is 0. The van der Waals surface area contributed by atoms with Crippen LogP contribution < -0.4 is 0 Å². The standard InChI is InChI=1S/C13H12F3NOS/c1-18-7-11-8-19-12(17-11)6-9-3-2-4-10(5-9)13(14,15)16/h2-5,8H,6-7H2,1H3. The Labute approximate surface area is 112 Å². The highest BCUT2D eigenvalue weighted by atomic mass is 32.1. The zero-order valence-corrected chi connectivity index (χ0v) is 11.0. The molecule has 1 heterocycles. The monoisotopic (exact) mass is 287 g/mol. The van der Waals surface area contributed by atoms with Gasteiger partial charge in [0.25, 0.3) is 0 Å². The first-order valence-corrected chi connectivity index (χ1v) is 6.45. The van der Waals surface area contributed by atoms with E-state index >= 15 is 0 Å². The molecule has 0 aliphatic heterocycles. The summed E-state index contributed by atoms with van der Waals surface area (Å²) < 4.78 is 42.7. The Bertz CT molecular complexity index is 551. The van der Waals surface area contributed by atoms with Crippen LogP contribution in [0.2, 0.25) is 0 Å². The van der Waals surface area contributed by atoms with Gasteiger partial charge in [0.05, 0.1) is 22.9 Å². The summed E-state index contributed by atoms with van der Waals surface area (Å²) in [4.78, 5) is 4.30. The lowest BCUT2D eigenvalue weighted by Crippen LogP contribution is -2.05. The van der Waals surface area contributed by atoms with Crippen LogP contribution in [-0.4, -0.2) is 12.1 Å². The van der Waals surface area contributed by atoms with Gasteiger partial charge in [-0.25, -0.2) is 4.98 Å². The Morgan fingerprint density at radius 2 is 2.11 bits per heavy atom. The number of alkyl halides is 3. The molecule has 0 aliphatic carbocycles. The molecule has 0 spiro atoms.